The van der Waals surface area contributed by atoms with Crippen molar-refractivity contribution in [2.45, 2.75) is 52.5 Å². The van der Waals surface area contributed by atoms with Crippen molar-refractivity contribution in [3.05, 3.63) is 184 Å². The molecule has 0 saturated carbocycles. The van der Waals surface area contributed by atoms with Crippen molar-refractivity contribution in [2.75, 3.05) is 0 Å². The number of rotatable bonds is 6. The number of amidine groups is 1. The Morgan fingerprint density at radius 1 is 0.851 bits per heavy atom. The second kappa shape index (κ2) is 13.3. The number of hydrogen-bond donors (Lipinski definition) is 1. The van der Waals surface area contributed by atoms with Crippen LogP contribution in [-0.4, -0.2) is 5.84 Å². The molecule has 0 radical (unpaired) electrons. The highest BCUT2D eigenvalue weighted by molar-refractivity contribution is 6.07. The van der Waals surface area contributed by atoms with Gasteiger partial charge in [-0.2, -0.15) is 0 Å². The van der Waals surface area contributed by atoms with Crippen molar-refractivity contribution in [2.24, 2.45) is 4.99 Å². The summed E-state index contributed by atoms with van der Waals surface area (Å²) in [6.45, 7) is 10.5. The first kappa shape index (κ1) is 30.4. The van der Waals surface area contributed by atoms with E-state index in [4.69, 9.17) is 4.99 Å². The molecule has 1 N–H and O–H groups in total. The number of benzene rings is 4. The van der Waals surface area contributed by atoms with E-state index in [1.54, 1.807) is 5.57 Å². The normalized spacial score (nSPS) is 17.7. The van der Waals surface area contributed by atoms with Gasteiger partial charge in [-0.05, 0) is 99.9 Å². The summed E-state index contributed by atoms with van der Waals surface area (Å²) in [5.41, 5.74) is 18.7. The first-order chi connectivity index (χ1) is 23.2. The maximum Gasteiger partial charge on any atom is 0.133 e. The van der Waals surface area contributed by atoms with E-state index in [1.807, 2.05) is 19.9 Å². The van der Waals surface area contributed by atoms with Crippen LogP contribution >= 0.6 is 0 Å². The van der Waals surface area contributed by atoms with Crippen molar-refractivity contribution >= 4 is 22.7 Å². The standard InChI is InChI=1S/C43H36N2.C2H6/c1-3-29(43-44-39(30-14-6-4-7-15-30)27-40(45-43)31-16-8-5-9-17-31)23-22-28(2)37-26-34-24-32-18-10-12-20-35(32)41(34)42-36-21-13-11-19-33(36)25-38(37)42;1-2/h3-10,12-18,20-23,26-27,39H,1,11,19,24-25H2,2H3,(H,44,45);1-2H3/b28-22+,29-23+;. The summed E-state index contributed by atoms with van der Waals surface area (Å²) >= 11 is 0. The molecule has 2 heteroatoms. The molecule has 0 bridgehead atoms. The molecule has 0 amide bonds. The average molecular weight is 611 g/mol. The lowest BCUT2D eigenvalue weighted by Crippen LogP contribution is -2.28. The molecule has 4 aromatic rings. The Hall–Kier alpha value is -5.21. The Labute approximate surface area is 280 Å². The Morgan fingerprint density at radius 2 is 1.60 bits per heavy atom. The van der Waals surface area contributed by atoms with Crippen LogP contribution in [0.15, 0.2) is 150 Å². The van der Waals surface area contributed by atoms with Crippen molar-refractivity contribution in [3.8, 4) is 11.1 Å². The number of hydrogen-bond acceptors (Lipinski definition) is 2. The molecular formula is C45H42N2. The lowest BCUT2D eigenvalue weighted by Gasteiger charge is -2.23. The summed E-state index contributed by atoms with van der Waals surface area (Å²) in [4.78, 5) is 5.17. The van der Waals surface area contributed by atoms with Gasteiger partial charge in [0, 0.05) is 11.3 Å². The molecule has 0 saturated heterocycles. The first-order valence-electron chi connectivity index (χ1n) is 17.0. The molecule has 2 nitrogen and oxygen atoms in total. The Balaban J connectivity index is 0.00000172. The number of allylic oxidation sites excluding steroid dienone is 7. The zero-order valence-corrected chi connectivity index (χ0v) is 27.7. The van der Waals surface area contributed by atoms with Gasteiger partial charge in [0.15, 0.2) is 0 Å². The molecule has 0 aromatic heterocycles. The molecular weight excluding hydrogens is 569 g/mol. The Bertz CT molecular complexity index is 2030. The SMILES string of the molecule is C=C/C(=C\C=C(/C)c1cc2c(c3c1CC1=C3C=CCC1)-c1ccccc1C2)C1=NC(c2ccccc2)C=C(c2ccccc2)N1.CC. The summed E-state index contributed by atoms with van der Waals surface area (Å²) < 4.78 is 0. The fourth-order valence-electron chi connectivity index (χ4n) is 7.39. The summed E-state index contributed by atoms with van der Waals surface area (Å²) in [7, 11) is 0. The monoisotopic (exact) mass is 610 g/mol. The fraction of sp³-hybridized carbons (Fsp3) is 0.178. The molecule has 0 fully saturated rings. The third-order valence-corrected chi connectivity index (χ3v) is 9.62. The van der Waals surface area contributed by atoms with Crippen molar-refractivity contribution in [1.82, 2.24) is 5.32 Å². The minimum atomic E-state index is -0.0851. The number of fused-ring (bicyclic) bond motifs is 6. The molecule has 1 unspecified atom stereocenters. The average Bonchev–Trinajstić information content (AvgIpc) is 3.71. The summed E-state index contributed by atoms with van der Waals surface area (Å²) in [6.07, 6.45) is 17.6. The van der Waals surface area contributed by atoms with Gasteiger partial charge in [-0.3, -0.25) is 4.99 Å². The van der Waals surface area contributed by atoms with Gasteiger partial charge in [-0.15, -0.1) is 0 Å². The predicted octanol–water partition coefficient (Wildman–Crippen LogP) is 11.2. The van der Waals surface area contributed by atoms with Crippen molar-refractivity contribution < 1.29 is 0 Å². The molecule has 0 spiro atoms. The van der Waals surface area contributed by atoms with Gasteiger partial charge in [0.2, 0.25) is 0 Å². The smallest absolute Gasteiger partial charge is 0.133 e. The van der Waals surface area contributed by atoms with E-state index < -0.39 is 0 Å². The van der Waals surface area contributed by atoms with Crippen molar-refractivity contribution in [1.29, 1.82) is 0 Å². The van der Waals surface area contributed by atoms with Crippen LogP contribution in [-0.2, 0) is 12.8 Å². The zero-order chi connectivity index (χ0) is 32.3. The van der Waals surface area contributed by atoms with Crippen LogP contribution in [0.2, 0.25) is 0 Å². The van der Waals surface area contributed by atoms with Crippen molar-refractivity contribution in [3.63, 3.8) is 0 Å². The summed E-state index contributed by atoms with van der Waals surface area (Å²) in [5.74, 6) is 0.834. The van der Waals surface area contributed by atoms with E-state index in [9.17, 15) is 0 Å². The second-order valence-corrected chi connectivity index (χ2v) is 12.4. The Morgan fingerprint density at radius 3 is 2.38 bits per heavy atom. The van der Waals surface area contributed by atoms with Crippen LogP contribution in [0.25, 0.3) is 28.0 Å². The number of nitrogens with one attached hydrogen (secondary N) is 1. The fourth-order valence-corrected chi connectivity index (χ4v) is 7.39. The van der Waals surface area contributed by atoms with Crippen LogP contribution in [0, 0.1) is 0 Å². The van der Waals surface area contributed by atoms with Gasteiger partial charge in [0.25, 0.3) is 0 Å². The van der Waals surface area contributed by atoms with Crippen LogP contribution in [0.1, 0.15) is 78.6 Å². The highest BCUT2D eigenvalue weighted by Crippen LogP contribution is 2.51. The zero-order valence-electron chi connectivity index (χ0n) is 27.7. The maximum atomic E-state index is 5.17. The van der Waals surface area contributed by atoms with Crippen LogP contribution in [0.4, 0.5) is 0 Å². The molecule has 47 heavy (non-hydrogen) atoms. The lowest BCUT2D eigenvalue weighted by atomic mass is 9.87. The number of nitrogens with zero attached hydrogens (tertiary/aromatic N) is 1. The second-order valence-electron chi connectivity index (χ2n) is 12.4. The predicted molar refractivity (Wildman–Crippen MR) is 201 cm³/mol. The van der Waals surface area contributed by atoms with E-state index in [-0.39, 0.29) is 6.04 Å². The molecule has 1 heterocycles. The van der Waals surface area contributed by atoms with E-state index in [1.165, 1.54) is 55.7 Å². The van der Waals surface area contributed by atoms with Crippen LogP contribution in [0.3, 0.4) is 0 Å². The molecule has 3 aliphatic carbocycles. The third kappa shape index (κ3) is 5.70. The van der Waals surface area contributed by atoms with Gasteiger partial charge in [0.1, 0.15) is 5.84 Å². The topological polar surface area (TPSA) is 24.4 Å². The molecule has 4 aromatic carbocycles. The van der Waals surface area contributed by atoms with Gasteiger partial charge < -0.3 is 5.32 Å². The maximum absolute atomic E-state index is 5.17. The van der Waals surface area contributed by atoms with Gasteiger partial charge >= 0.3 is 0 Å². The summed E-state index contributed by atoms with van der Waals surface area (Å²) in [6, 6.07) is 32.3. The number of aliphatic imine (C=N–C) groups is 1. The highest BCUT2D eigenvalue weighted by Gasteiger charge is 2.32. The van der Waals surface area contributed by atoms with Crippen LogP contribution in [0.5, 0.6) is 0 Å². The van der Waals surface area contributed by atoms with Gasteiger partial charge in [-0.25, -0.2) is 0 Å². The third-order valence-electron chi connectivity index (χ3n) is 9.62. The lowest BCUT2D eigenvalue weighted by molar-refractivity contribution is 0.880. The quantitative estimate of drug-likeness (QED) is 0.190. The largest absolute Gasteiger partial charge is 0.340 e. The van der Waals surface area contributed by atoms with Gasteiger partial charge in [-0.1, -0.05) is 147 Å². The first-order valence-corrected chi connectivity index (χ1v) is 17.0. The molecule has 1 atom stereocenters. The van der Waals surface area contributed by atoms with Crippen LogP contribution < -0.4 is 5.32 Å². The Kier molecular flexibility index (Phi) is 8.59. The molecule has 4 aliphatic rings. The van der Waals surface area contributed by atoms with E-state index >= 15 is 0 Å². The molecule has 1 aliphatic heterocycles. The van der Waals surface area contributed by atoms with E-state index in [0.717, 1.165) is 48.4 Å². The minimum absolute atomic E-state index is 0.0851. The molecule has 232 valence electrons. The highest BCUT2D eigenvalue weighted by atomic mass is 15.0. The summed E-state index contributed by atoms with van der Waals surface area (Å²) in [5, 5.41) is 3.63. The van der Waals surface area contributed by atoms with Gasteiger partial charge in [0.05, 0.1) is 6.04 Å². The minimum Gasteiger partial charge on any atom is -0.340 e. The van der Waals surface area contributed by atoms with E-state index in [0.29, 0.717) is 0 Å². The molecule has 8 rings (SSSR count). The van der Waals surface area contributed by atoms with E-state index in [2.05, 4.69) is 140 Å².